The molecule has 0 atom stereocenters. The number of hydrogen-bond acceptors (Lipinski definition) is 5. The number of nitrogens with two attached hydrogens (primary N) is 1. The summed E-state index contributed by atoms with van der Waals surface area (Å²) in [5, 5.41) is 12.8. The molecular weight excluding hydrogens is 214 g/mol. The van der Waals surface area contributed by atoms with Gasteiger partial charge >= 0.3 is 5.88 Å². The van der Waals surface area contributed by atoms with E-state index in [4.69, 9.17) is 10.2 Å². The fraction of sp³-hybridized carbons (Fsp3) is 0.444. The standard InChI is InChI=1S/C9H13N3O4/c1-9(2,10)5-11-8(13)6-3-4-7(16-6)12(14)15/h3-4H,5,10H2,1-2H3,(H,11,13). The van der Waals surface area contributed by atoms with Crippen molar-refractivity contribution in [1.82, 2.24) is 5.32 Å². The molecular formula is C9H13N3O4. The van der Waals surface area contributed by atoms with Crippen molar-refractivity contribution in [3.05, 3.63) is 28.0 Å². The summed E-state index contributed by atoms with van der Waals surface area (Å²) in [5.41, 5.74) is 5.11. The molecule has 0 saturated carbocycles. The van der Waals surface area contributed by atoms with Crippen LogP contribution >= 0.6 is 0 Å². The first-order chi connectivity index (χ1) is 7.29. The number of carbonyl (C=O) groups is 1. The molecule has 7 heteroatoms. The molecule has 1 aromatic heterocycles. The first-order valence-corrected chi connectivity index (χ1v) is 4.61. The Balaban J connectivity index is 2.63. The summed E-state index contributed by atoms with van der Waals surface area (Å²) in [7, 11) is 0. The van der Waals surface area contributed by atoms with Crippen molar-refractivity contribution in [3.63, 3.8) is 0 Å². The molecule has 0 aliphatic carbocycles. The number of furan rings is 1. The van der Waals surface area contributed by atoms with Gasteiger partial charge in [0.25, 0.3) is 5.91 Å². The number of nitrogens with one attached hydrogen (secondary N) is 1. The summed E-state index contributed by atoms with van der Waals surface area (Å²) >= 11 is 0. The van der Waals surface area contributed by atoms with Crippen molar-refractivity contribution in [2.75, 3.05) is 6.54 Å². The Labute approximate surface area is 91.8 Å². The second-order valence-corrected chi connectivity index (χ2v) is 4.07. The van der Waals surface area contributed by atoms with E-state index < -0.39 is 22.3 Å². The van der Waals surface area contributed by atoms with Crippen molar-refractivity contribution in [2.45, 2.75) is 19.4 Å². The first-order valence-electron chi connectivity index (χ1n) is 4.61. The number of amides is 1. The number of rotatable bonds is 4. The van der Waals surface area contributed by atoms with Gasteiger partial charge in [0.15, 0.2) is 5.76 Å². The topological polar surface area (TPSA) is 111 Å². The van der Waals surface area contributed by atoms with Crippen LogP contribution in [-0.4, -0.2) is 22.9 Å². The highest BCUT2D eigenvalue weighted by Crippen LogP contribution is 2.15. The zero-order valence-corrected chi connectivity index (χ0v) is 9.02. The third kappa shape index (κ3) is 3.35. The minimum atomic E-state index is -0.705. The van der Waals surface area contributed by atoms with Gasteiger partial charge in [-0.3, -0.25) is 14.9 Å². The second kappa shape index (κ2) is 4.31. The molecule has 88 valence electrons. The molecule has 0 unspecified atom stereocenters. The average Bonchev–Trinajstić information content (AvgIpc) is 2.61. The minimum Gasteiger partial charge on any atom is -0.395 e. The maximum Gasteiger partial charge on any atom is 0.433 e. The zero-order valence-electron chi connectivity index (χ0n) is 9.02. The van der Waals surface area contributed by atoms with E-state index in [0.29, 0.717) is 0 Å². The van der Waals surface area contributed by atoms with E-state index in [1.807, 2.05) is 0 Å². The van der Waals surface area contributed by atoms with Crippen LogP contribution < -0.4 is 11.1 Å². The van der Waals surface area contributed by atoms with Gasteiger partial charge in [0, 0.05) is 12.1 Å². The SMILES string of the molecule is CC(C)(N)CNC(=O)c1ccc([N+](=O)[O-])o1. The summed E-state index contributed by atoms with van der Waals surface area (Å²) < 4.78 is 4.72. The molecule has 1 aromatic rings. The maximum absolute atomic E-state index is 11.4. The summed E-state index contributed by atoms with van der Waals surface area (Å²) in [4.78, 5) is 21.1. The van der Waals surface area contributed by atoms with Gasteiger partial charge in [0.2, 0.25) is 0 Å². The van der Waals surface area contributed by atoms with E-state index in [0.717, 1.165) is 6.07 Å². The predicted molar refractivity (Wildman–Crippen MR) is 56.0 cm³/mol. The molecule has 1 rings (SSSR count). The van der Waals surface area contributed by atoms with E-state index in [1.165, 1.54) is 6.07 Å². The van der Waals surface area contributed by atoms with Crippen LogP contribution in [0.3, 0.4) is 0 Å². The van der Waals surface area contributed by atoms with Crippen molar-refractivity contribution < 1.29 is 14.1 Å². The van der Waals surface area contributed by atoms with Gasteiger partial charge in [-0.05, 0) is 19.9 Å². The maximum atomic E-state index is 11.4. The van der Waals surface area contributed by atoms with Crippen molar-refractivity contribution in [2.24, 2.45) is 5.73 Å². The fourth-order valence-corrected chi connectivity index (χ4v) is 0.943. The van der Waals surface area contributed by atoms with Crippen LogP contribution in [-0.2, 0) is 0 Å². The minimum absolute atomic E-state index is 0.101. The summed E-state index contributed by atoms with van der Waals surface area (Å²) in [6.45, 7) is 3.75. The highest BCUT2D eigenvalue weighted by Gasteiger charge is 2.19. The highest BCUT2D eigenvalue weighted by molar-refractivity contribution is 5.91. The van der Waals surface area contributed by atoms with Crippen LogP contribution in [0, 0.1) is 10.1 Å². The molecule has 0 fully saturated rings. The molecule has 0 aliphatic rings. The van der Waals surface area contributed by atoms with Gasteiger partial charge in [-0.25, -0.2) is 0 Å². The molecule has 0 aliphatic heterocycles. The van der Waals surface area contributed by atoms with Crippen LogP contribution in [0.1, 0.15) is 24.4 Å². The lowest BCUT2D eigenvalue weighted by atomic mass is 10.1. The first kappa shape index (κ1) is 12.2. The molecule has 7 nitrogen and oxygen atoms in total. The second-order valence-electron chi connectivity index (χ2n) is 4.07. The Morgan fingerprint density at radius 2 is 2.25 bits per heavy atom. The largest absolute Gasteiger partial charge is 0.433 e. The van der Waals surface area contributed by atoms with Crippen molar-refractivity contribution >= 4 is 11.8 Å². The summed E-state index contributed by atoms with van der Waals surface area (Å²) in [6.07, 6.45) is 0. The Morgan fingerprint density at radius 1 is 1.62 bits per heavy atom. The summed E-state index contributed by atoms with van der Waals surface area (Å²) in [6, 6.07) is 2.37. The Morgan fingerprint density at radius 3 is 2.69 bits per heavy atom. The fourth-order valence-electron chi connectivity index (χ4n) is 0.943. The van der Waals surface area contributed by atoms with Crippen LogP contribution in [0.5, 0.6) is 0 Å². The Bertz CT molecular complexity index is 405. The zero-order chi connectivity index (χ0) is 12.3. The molecule has 1 amide bonds. The monoisotopic (exact) mass is 227 g/mol. The number of carbonyl (C=O) groups excluding carboxylic acids is 1. The lowest BCUT2D eigenvalue weighted by Crippen LogP contribution is -2.45. The van der Waals surface area contributed by atoms with E-state index in [-0.39, 0.29) is 12.3 Å². The number of nitrogens with zero attached hydrogens (tertiary/aromatic N) is 1. The number of nitro groups is 1. The molecule has 16 heavy (non-hydrogen) atoms. The molecule has 0 aromatic carbocycles. The average molecular weight is 227 g/mol. The third-order valence-corrected chi connectivity index (χ3v) is 1.70. The van der Waals surface area contributed by atoms with Gasteiger partial charge in [0.1, 0.15) is 4.92 Å². The van der Waals surface area contributed by atoms with Crippen molar-refractivity contribution in [1.29, 1.82) is 0 Å². The molecule has 0 radical (unpaired) electrons. The van der Waals surface area contributed by atoms with E-state index in [1.54, 1.807) is 13.8 Å². The Kier molecular flexibility index (Phi) is 3.28. The Hall–Kier alpha value is -1.89. The molecule has 0 bridgehead atoms. The molecule has 3 N–H and O–H groups in total. The van der Waals surface area contributed by atoms with Gasteiger partial charge in [-0.2, -0.15) is 0 Å². The third-order valence-electron chi connectivity index (χ3n) is 1.70. The molecule has 0 spiro atoms. The van der Waals surface area contributed by atoms with E-state index in [9.17, 15) is 14.9 Å². The summed E-state index contributed by atoms with van der Waals surface area (Å²) in [5.74, 6) is -1.08. The lowest BCUT2D eigenvalue weighted by molar-refractivity contribution is -0.402. The van der Waals surface area contributed by atoms with Crippen LogP contribution in [0.4, 0.5) is 5.88 Å². The van der Waals surface area contributed by atoms with E-state index in [2.05, 4.69) is 5.32 Å². The highest BCUT2D eigenvalue weighted by atomic mass is 16.6. The predicted octanol–water partition coefficient (Wildman–Crippen LogP) is 0.655. The van der Waals surface area contributed by atoms with Crippen LogP contribution in [0.15, 0.2) is 16.5 Å². The lowest BCUT2D eigenvalue weighted by Gasteiger charge is -2.18. The normalized spacial score (nSPS) is 11.2. The van der Waals surface area contributed by atoms with Gasteiger partial charge in [-0.1, -0.05) is 0 Å². The number of hydrogen-bond donors (Lipinski definition) is 2. The molecule has 1 heterocycles. The smallest absolute Gasteiger partial charge is 0.395 e. The van der Waals surface area contributed by atoms with Crippen LogP contribution in [0.2, 0.25) is 0 Å². The molecule has 0 saturated heterocycles. The quantitative estimate of drug-likeness (QED) is 0.579. The van der Waals surface area contributed by atoms with E-state index >= 15 is 0 Å². The van der Waals surface area contributed by atoms with Crippen LogP contribution in [0.25, 0.3) is 0 Å². The van der Waals surface area contributed by atoms with Gasteiger partial charge in [-0.15, -0.1) is 0 Å². The van der Waals surface area contributed by atoms with Crippen molar-refractivity contribution in [3.8, 4) is 0 Å². The van der Waals surface area contributed by atoms with Gasteiger partial charge in [0.05, 0.1) is 6.07 Å². The van der Waals surface area contributed by atoms with Gasteiger partial charge < -0.3 is 15.5 Å².